The first-order chi connectivity index (χ1) is 9.50. The lowest BCUT2D eigenvalue weighted by Gasteiger charge is -2.32. The Kier molecular flexibility index (Phi) is 5.60. The Labute approximate surface area is 125 Å². The Balaban J connectivity index is 1.93. The first kappa shape index (κ1) is 15.9. The topological polar surface area (TPSA) is 46.6 Å². The van der Waals surface area contributed by atoms with E-state index in [0.717, 1.165) is 19.3 Å². The summed E-state index contributed by atoms with van der Waals surface area (Å²) in [6, 6.07) is 1.67. The molecule has 0 radical (unpaired) electrons. The fourth-order valence-corrected chi connectivity index (χ4v) is 4.86. The maximum Gasteiger partial charge on any atom is 0.244 e. The summed E-state index contributed by atoms with van der Waals surface area (Å²) in [5, 5.41) is 3.49. The maximum atomic E-state index is 12.5. The van der Waals surface area contributed by atoms with E-state index in [1.165, 1.54) is 11.3 Å². The molecule has 0 unspecified atom stereocenters. The molecule has 1 aliphatic heterocycles. The minimum atomic E-state index is -3.33. The number of hydrogen-bond donors (Lipinski definition) is 0. The van der Waals surface area contributed by atoms with Crippen molar-refractivity contribution < 1.29 is 13.2 Å². The predicted octanol–water partition coefficient (Wildman–Crippen LogP) is 2.96. The van der Waals surface area contributed by atoms with Crippen LogP contribution < -0.4 is 0 Å². The van der Waals surface area contributed by atoms with E-state index in [4.69, 9.17) is 4.74 Å². The van der Waals surface area contributed by atoms with Crippen LogP contribution in [-0.4, -0.2) is 38.5 Å². The van der Waals surface area contributed by atoms with E-state index in [2.05, 4.69) is 13.8 Å². The normalized spacial score (nSPS) is 21.4. The zero-order chi connectivity index (χ0) is 14.6. The minimum Gasteiger partial charge on any atom is -0.375 e. The summed E-state index contributed by atoms with van der Waals surface area (Å²) in [7, 11) is -3.33. The molecule has 1 aromatic rings. The van der Waals surface area contributed by atoms with Gasteiger partial charge in [0.15, 0.2) is 0 Å². The summed E-state index contributed by atoms with van der Waals surface area (Å²) in [4.78, 5) is 0.408. The van der Waals surface area contributed by atoms with Gasteiger partial charge in [0.1, 0.15) is 0 Å². The average molecular weight is 317 g/mol. The summed E-state index contributed by atoms with van der Waals surface area (Å²) in [5.41, 5.74) is 0. The highest BCUT2D eigenvalue weighted by atomic mass is 32.2. The van der Waals surface area contributed by atoms with E-state index in [1.54, 1.807) is 21.1 Å². The van der Waals surface area contributed by atoms with Crippen LogP contribution in [0.5, 0.6) is 0 Å². The Hall–Kier alpha value is -0.430. The lowest BCUT2D eigenvalue weighted by Crippen LogP contribution is -2.45. The molecule has 1 atom stereocenters. The van der Waals surface area contributed by atoms with Crippen molar-refractivity contribution in [3.05, 3.63) is 16.8 Å². The highest BCUT2D eigenvalue weighted by Gasteiger charge is 2.30. The minimum absolute atomic E-state index is 0.0379. The molecule has 0 bridgehead atoms. The fourth-order valence-electron chi connectivity index (χ4n) is 2.39. The van der Waals surface area contributed by atoms with Crippen LogP contribution in [0.3, 0.4) is 0 Å². The summed E-state index contributed by atoms with van der Waals surface area (Å²) >= 11 is 1.41. The molecule has 0 amide bonds. The van der Waals surface area contributed by atoms with Crippen molar-refractivity contribution in [3.63, 3.8) is 0 Å². The van der Waals surface area contributed by atoms with Gasteiger partial charge in [-0.3, -0.25) is 0 Å². The number of thiophene rings is 1. The average Bonchev–Trinajstić information content (AvgIpc) is 2.93. The molecule has 2 rings (SSSR count). The van der Waals surface area contributed by atoms with Gasteiger partial charge < -0.3 is 4.74 Å². The second kappa shape index (κ2) is 7.02. The van der Waals surface area contributed by atoms with E-state index in [0.29, 0.717) is 30.5 Å². The summed E-state index contributed by atoms with van der Waals surface area (Å²) in [5.74, 6) is 0.684. The van der Waals surface area contributed by atoms with Crippen LogP contribution in [-0.2, 0) is 14.8 Å². The summed E-state index contributed by atoms with van der Waals surface area (Å²) < 4.78 is 32.2. The van der Waals surface area contributed by atoms with Crippen LogP contribution in [0.15, 0.2) is 21.7 Å². The zero-order valence-electron chi connectivity index (χ0n) is 12.1. The molecule has 1 aromatic heterocycles. The molecule has 1 aliphatic rings. The van der Waals surface area contributed by atoms with Crippen LogP contribution >= 0.6 is 11.3 Å². The van der Waals surface area contributed by atoms with Gasteiger partial charge in [-0.05, 0) is 23.8 Å². The molecular weight excluding hydrogens is 294 g/mol. The van der Waals surface area contributed by atoms with Gasteiger partial charge in [0.2, 0.25) is 10.0 Å². The number of sulfonamides is 1. The fraction of sp³-hybridized carbons (Fsp3) is 0.714. The molecule has 1 saturated heterocycles. The lowest BCUT2D eigenvalue weighted by molar-refractivity contribution is -0.00707. The van der Waals surface area contributed by atoms with Crippen LogP contribution in [0.2, 0.25) is 0 Å². The van der Waals surface area contributed by atoms with Crippen LogP contribution in [0.1, 0.15) is 33.1 Å². The van der Waals surface area contributed by atoms with Crippen LogP contribution in [0.4, 0.5) is 0 Å². The number of ether oxygens (including phenoxy) is 1. The first-order valence-electron chi connectivity index (χ1n) is 7.14. The molecule has 6 heteroatoms. The summed E-state index contributed by atoms with van der Waals surface area (Å²) in [6.07, 6.45) is 3.23. The third kappa shape index (κ3) is 4.04. The molecular formula is C14H23NO3S2. The molecule has 0 spiro atoms. The zero-order valence-corrected chi connectivity index (χ0v) is 13.8. The number of morpholine rings is 1. The van der Waals surface area contributed by atoms with Crippen LogP contribution in [0.25, 0.3) is 0 Å². The van der Waals surface area contributed by atoms with Crippen LogP contribution in [0, 0.1) is 5.92 Å². The Morgan fingerprint density at radius 2 is 2.30 bits per heavy atom. The molecule has 0 aromatic carbocycles. The maximum absolute atomic E-state index is 12.5. The Bertz CT molecular complexity index is 496. The molecule has 0 aliphatic carbocycles. The SMILES string of the molecule is CC(C)CCC[C@H]1CN(S(=O)(=O)c2ccsc2)CCO1. The van der Waals surface area contributed by atoms with Gasteiger partial charge in [-0.25, -0.2) is 8.42 Å². The van der Waals surface area contributed by atoms with Gasteiger partial charge in [-0.2, -0.15) is 15.6 Å². The molecule has 0 saturated carbocycles. The molecule has 2 heterocycles. The van der Waals surface area contributed by atoms with Gasteiger partial charge in [-0.1, -0.05) is 26.7 Å². The van der Waals surface area contributed by atoms with E-state index in [-0.39, 0.29) is 6.10 Å². The number of hydrogen-bond acceptors (Lipinski definition) is 4. The highest BCUT2D eigenvalue weighted by Crippen LogP contribution is 2.22. The molecule has 20 heavy (non-hydrogen) atoms. The summed E-state index contributed by atoms with van der Waals surface area (Å²) in [6.45, 7) is 5.84. The van der Waals surface area contributed by atoms with Gasteiger partial charge in [0.25, 0.3) is 0 Å². The van der Waals surface area contributed by atoms with Crippen molar-refractivity contribution in [2.45, 2.75) is 44.1 Å². The molecule has 0 N–H and O–H groups in total. The Morgan fingerprint density at radius 3 is 2.95 bits per heavy atom. The number of rotatable bonds is 6. The quantitative estimate of drug-likeness (QED) is 0.810. The monoisotopic (exact) mass is 317 g/mol. The smallest absolute Gasteiger partial charge is 0.244 e. The van der Waals surface area contributed by atoms with Crippen molar-refractivity contribution in [1.82, 2.24) is 4.31 Å². The second-order valence-electron chi connectivity index (χ2n) is 5.64. The second-order valence-corrected chi connectivity index (χ2v) is 8.36. The van der Waals surface area contributed by atoms with Gasteiger partial charge in [-0.15, -0.1) is 0 Å². The van der Waals surface area contributed by atoms with E-state index in [9.17, 15) is 8.42 Å². The third-order valence-electron chi connectivity index (χ3n) is 3.54. The predicted molar refractivity (Wildman–Crippen MR) is 81.5 cm³/mol. The van der Waals surface area contributed by atoms with E-state index in [1.807, 2.05) is 0 Å². The first-order valence-corrected chi connectivity index (χ1v) is 9.52. The van der Waals surface area contributed by atoms with Crippen molar-refractivity contribution in [2.75, 3.05) is 19.7 Å². The van der Waals surface area contributed by atoms with Crippen molar-refractivity contribution in [3.8, 4) is 0 Å². The van der Waals surface area contributed by atoms with Gasteiger partial charge in [0, 0.05) is 18.5 Å². The van der Waals surface area contributed by atoms with Gasteiger partial charge >= 0.3 is 0 Å². The molecule has 114 valence electrons. The number of nitrogens with zero attached hydrogens (tertiary/aromatic N) is 1. The standard InChI is InChI=1S/C14H23NO3S2/c1-12(2)4-3-5-13-10-15(7-8-18-13)20(16,17)14-6-9-19-11-14/h6,9,11-13H,3-5,7-8,10H2,1-2H3/t13-/m0/s1. The Morgan fingerprint density at radius 1 is 1.50 bits per heavy atom. The van der Waals surface area contributed by atoms with Crippen molar-refractivity contribution >= 4 is 21.4 Å². The molecule has 1 fully saturated rings. The van der Waals surface area contributed by atoms with E-state index < -0.39 is 10.0 Å². The van der Waals surface area contributed by atoms with Crippen molar-refractivity contribution in [1.29, 1.82) is 0 Å². The largest absolute Gasteiger partial charge is 0.375 e. The molecule has 4 nitrogen and oxygen atoms in total. The third-order valence-corrected chi connectivity index (χ3v) is 6.24. The van der Waals surface area contributed by atoms with Crippen molar-refractivity contribution in [2.24, 2.45) is 5.92 Å². The highest BCUT2D eigenvalue weighted by molar-refractivity contribution is 7.89. The lowest BCUT2D eigenvalue weighted by atomic mass is 10.0. The van der Waals surface area contributed by atoms with E-state index >= 15 is 0 Å². The van der Waals surface area contributed by atoms with Gasteiger partial charge in [0.05, 0.1) is 17.6 Å².